The third kappa shape index (κ3) is 2.94. The van der Waals surface area contributed by atoms with E-state index in [-0.39, 0.29) is 16.5 Å². The first kappa shape index (κ1) is 15.2. The highest BCUT2D eigenvalue weighted by molar-refractivity contribution is 7.89. The highest BCUT2D eigenvalue weighted by Gasteiger charge is 2.32. The van der Waals surface area contributed by atoms with Crippen LogP contribution in [-0.4, -0.2) is 37.0 Å². The van der Waals surface area contributed by atoms with Crippen LogP contribution in [0.2, 0.25) is 0 Å². The van der Waals surface area contributed by atoms with Crippen molar-refractivity contribution in [3.05, 3.63) is 24.0 Å². The first-order valence-electron chi connectivity index (χ1n) is 6.55. The number of rotatable bonds is 3. The van der Waals surface area contributed by atoms with Crippen molar-refractivity contribution in [2.45, 2.75) is 30.8 Å². The molecule has 7 heteroatoms. The van der Waals surface area contributed by atoms with E-state index in [1.807, 2.05) is 0 Å². The lowest BCUT2D eigenvalue weighted by Gasteiger charge is -2.32. The summed E-state index contributed by atoms with van der Waals surface area (Å²) in [5.41, 5.74) is 5.69. The number of nitrogens with two attached hydrogens (primary N) is 1. The Labute approximate surface area is 118 Å². The Balaban J connectivity index is 2.22. The van der Waals surface area contributed by atoms with Crippen LogP contribution in [0.5, 0.6) is 0 Å². The van der Waals surface area contributed by atoms with Crippen molar-refractivity contribution in [2.75, 3.05) is 18.8 Å². The number of nitrogen functional groups attached to an aromatic ring is 1. The van der Waals surface area contributed by atoms with Crippen molar-refractivity contribution in [2.24, 2.45) is 5.92 Å². The zero-order valence-electron chi connectivity index (χ0n) is 11.3. The van der Waals surface area contributed by atoms with Gasteiger partial charge < -0.3 is 10.8 Å². The predicted molar refractivity (Wildman–Crippen MR) is 74.0 cm³/mol. The quantitative estimate of drug-likeness (QED) is 0.822. The first-order chi connectivity index (χ1) is 9.32. The van der Waals surface area contributed by atoms with Crippen LogP contribution >= 0.6 is 0 Å². The smallest absolute Gasteiger partial charge is 0.245 e. The zero-order chi connectivity index (χ0) is 14.9. The Morgan fingerprint density at radius 3 is 2.55 bits per heavy atom. The number of aliphatic hydroxyl groups is 1. The SMILES string of the molecule is CC(O)C1CCN(S(=O)(=O)c2cc(F)ccc2N)CC1. The number of aliphatic hydroxyl groups excluding tert-OH is 1. The molecule has 1 aromatic carbocycles. The minimum Gasteiger partial charge on any atom is -0.398 e. The third-order valence-corrected chi connectivity index (χ3v) is 5.73. The molecule has 1 fully saturated rings. The van der Waals surface area contributed by atoms with Crippen LogP contribution in [0.4, 0.5) is 10.1 Å². The molecular formula is C13H19FN2O3S. The summed E-state index contributed by atoms with van der Waals surface area (Å²) in [4.78, 5) is -0.187. The fourth-order valence-corrected chi connectivity index (χ4v) is 4.07. The molecule has 2 rings (SSSR count). The molecule has 0 spiro atoms. The van der Waals surface area contributed by atoms with Crippen LogP contribution in [0.25, 0.3) is 0 Å². The summed E-state index contributed by atoms with van der Waals surface area (Å²) < 4.78 is 39.5. The fraction of sp³-hybridized carbons (Fsp3) is 0.538. The molecule has 0 saturated carbocycles. The van der Waals surface area contributed by atoms with Crippen molar-refractivity contribution in [1.29, 1.82) is 0 Å². The molecule has 1 atom stereocenters. The summed E-state index contributed by atoms with van der Waals surface area (Å²) in [5, 5.41) is 9.53. The Morgan fingerprint density at radius 2 is 2.00 bits per heavy atom. The number of hydrogen-bond donors (Lipinski definition) is 2. The molecule has 1 aromatic rings. The molecular weight excluding hydrogens is 283 g/mol. The van der Waals surface area contributed by atoms with Crippen LogP contribution in [0.15, 0.2) is 23.1 Å². The summed E-state index contributed by atoms with van der Waals surface area (Å²) in [5.74, 6) is -0.525. The summed E-state index contributed by atoms with van der Waals surface area (Å²) in [6.45, 7) is 2.33. The van der Waals surface area contributed by atoms with Crippen LogP contribution in [0.3, 0.4) is 0 Å². The average Bonchev–Trinajstić information content (AvgIpc) is 2.41. The maximum absolute atomic E-state index is 13.2. The van der Waals surface area contributed by atoms with Gasteiger partial charge in [-0.05, 0) is 43.9 Å². The molecule has 1 aliphatic rings. The number of hydrogen-bond acceptors (Lipinski definition) is 4. The molecule has 0 amide bonds. The second-order valence-electron chi connectivity index (χ2n) is 5.16. The standard InChI is InChI=1S/C13H19FN2O3S/c1-9(17)10-4-6-16(7-5-10)20(18,19)13-8-11(14)2-3-12(13)15/h2-3,8-10,17H,4-7,15H2,1H3. The van der Waals surface area contributed by atoms with Gasteiger partial charge in [0.05, 0.1) is 11.8 Å². The number of halogens is 1. The van der Waals surface area contributed by atoms with Gasteiger partial charge >= 0.3 is 0 Å². The number of sulfonamides is 1. The molecule has 0 radical (unpaired) electrons. The monoisotopic (exact) mass is 302 g/mol. The third-order valence-electron chi connectivity index (χ3n) is 3.77. The molecule has 5 nitrogen and oxygen atoms in total. The highest BCUT2D eigenvalue weighted by atomic mass is 32.2. The van der Waals surface area contributed by atoms with Gasteiger partial charge in [-0.1, -0.05) is 0 Å². The van der Waals surface area contributed by atoms with E-state index in [0.29, 0.717) is 25.9 Å². The number of nitrogens with zero attached hydrogens (tertiary/aromatic N) is 1. The lowest BCUT2D eigenvalue weighted by molar-refractivity contribution is 0.0912. The van der Waals surface area contributed by atoms with Gasteiger partial charge in [0.15, 0.2) is 0 Å². The molecule has 0 aromatic heterocycles. The number of piperidine rings is 1. The van der Waals surface area contributed by atoms with E-state index in [2.05, 4.69) is 0 Å². The predicted octanol–water partition coefficient (Wildman–Crippen LogP) is 1.19. The molecule has 1 saturated heterocycles. The lowest BCUT2D eigenvalue weighted by atomic mass is 9.93. The van der Waals surface area contributed by atoms with Gasteiger partial charge in [-0.15, -0.1) is 0 Å². The van der Waals surface area contributed by atoms with Crippen molar-refractivity contribution in [3.8, 4) is 0 Å². The fourth-order valence-electron chi connectivity index (χ4n) is 2.47. The summed E-state index contributed by atoms with van der Waals surface area (Å²) in [6.07, 6.45) is 0.734. The summed E-state index contributed by atoms with van der Waals surface area (Å²) in [6, 6.07) is 3.34. The molecule has 20 heavy (non-hydrogen) atoms. The minimum absolute atomic E-state index is 0.0454. The van der Waals surface area contributed by atoms with E-state index in [0.717, 1.165) is 12.1 Å². The highest BCUT2D eigenvalue weighted by Crippen LogP contribution is 2.28. The summed E-state index contributed by atoms with van der Waals surface area (Å²) in [7, 11) is -3.78. The van der Waals surface area contributed by atoms with Gasteiger partial charge in [-0.2, -0.15) is 4.31 Å². The molecule has 112 valence electrons. The van der Waals surface area contributed by atoms with Gasteiger partial charge in [-0.3, -0.25) is 0 Å². The van der Waals surface area contributed by atoms with Crippen molar-refractivity contribution < 1.29 is 17.9 Å². The molecule has 3 N–H and O–H groups in total. The van der Waals surface area contributed by atoms with Gasteiger partial charge in [0.25, 0.3) is 0 Å². The van der Waals surface area contributed by atoms with Gasteiger partial charge in [0, 0.05) is 13.1 Å². The zero-order valence-corrected chi connectivity index (χ0v) is 12.1. The van der Waals surface area contributed by atoms with Crippen LogP contribution in [0.1, 0.15) is 19.8 Å². The van der Waals surface area contributed by atoms with E-state index in [4.69, 9.17) is 5.73 Å². The maximum atomic E-state index is 13.2. The lowest BCUT2D eigenvalue weighted by Crippen LogP contribution is -2.40. The first-order valence-corrected chi connectivity index (χ1v) is 7.99. The molecule has 0 aliphatic carbocycles. The summed E-state index contributed by atoms with van der Waals surface area (Å²) >= 11 is 0. The van der Waals surface area contributed by atoms with Gasteiger partial charge in [0.2, 0.25) is 10.0 Å². The second-order valence-corrected chi connectivity index (χ2v) is 7.07. The minimum atomic E-state index is -3.78. The Bertz CT molecular complexity index is 581. The van der Waals surface area contributed by atoms with Crippen LogP contribution in [-0.2, 0) is 10.0 Å². The van der Waals surface area contributed by atoms with Gasteiger partial charge in [0.1, 0.15) is 10.7 Å². The van der Waals surface area contributed by atoms with E-state index < -0.39 is 21.9 Å². The van der Waals surface area contributed by atoms with E-state index in [1.165, 1.54) is 10.4 Å². The van der Waals surface area contributed by atoms with Gasteiger partial charge in [-0.25, -0.2) is 12.8 Å². The second kappa shape index (κ2) is 5.67. The average molecular weight is 302 g/mol. The van der Waals surface area contributed by atoms with Crippen LogP contribution < -0.4 is 5.73 Å². The Morgan fingerprint density at radius 1 is 1.40 bits per heavy atom. The van der Waals surface area contributed by atoms with Crippen LogP contribution in [0, 0.1) is 11.7 Å². The Hall–Kier alpha value is -1.18. The van der Waals surface area contributed by atoms with E-state index >= 15 is 0 Å². The number of anilines is 1. The maximum Gasteiger partial charge on any atom is 0.245 e. The van der Waals surface area contributed by atoms with Crippen molar-refractivity contribution >= 4 is 15.7 Å². The Kier molecular flexibility index (Phi) is 4.31. The molecule has 1 unspecified atom stereocenters. The van der Waals surface area contributed by atoms with E-state index in [9.17, 15) is 17.9 Å². The molecule has 0 bridgehead atoms. The molecule has 1 aliphatic heterocycles. The topological polar surface area (TPSA) is 83.6 Å². The number of benzene rings is 1. The van der Waals surface area contributed by atoms with Crippen molar-refractivity contribution in [3.63, 3.8) is 0 Å². The van der Waals surface area contributed by atoms with E-state index in [1.54, 1.807) is 6.92 Å². The largest absolute Gasteiger partial charge is 0.398 e. The van der Waals surface area contributed by atoms with Crippen molar-refractivity contribution in [1.82, 2.24) is 4.31 Å². The molecule has 1 heterocycles. The normalized spacial score (nSPS) is 19.9.